The van der Waals surface area contributed by atoms with Crippen LogP contribution in [-0.4, -0.2) is 24.7 Å². The van der Waals surface area contributed by atoms with Crippen molar-refractivity contribution in [3.05, 3.63) is 40.9 Å². The highest BCUT2D eigenvalue weighted by Crippen LogP contribution is 2.31. The highest BCUT2D eigenvalue weighted by Gasteiger charge is 2.19. The van der Waals surface area contributed by atoms with E-state index in [4.69, 9.17) is 16.3 Å². The third-order valence-electron chi connectivity index (χ3n) is 4.83. The Morgan fingerprint density at radius 2 is 2.21 bits per heavy atom. The first-order chi connectivity index (χ1) is 11.7. The van der Waals surface area contributed by atoms with Gasteiger partial charge in [-0.3, -0.25) is 0 Å². The van der Waals surface area contributed by atoms with E-state index in [0.29, 0.717) is 17.0 Å². The molecular weight excluding hydrogens is 320 g/mol. The second kappa shape index (κ2) is 9.88. The Labute approximate surface area is 151 Å². The Bertz CT molecular complexity index is 575. The number of halogens is 1. The molecule has 0 bridgehead atoms. The van der Waals surface area contributed by atoms with Gasteiger partial charge in [0.2, 0.25) is 0 Å². The van der Waals surface area contributed by atoms with Crippen LogP contribution in [0.3, 0.4) is 0 Å². The maximum absolute atomic E-state index is 6.17. The molecule has 24 heavy (non-hydrogen) atoms. The van der Waals surface area contributed by atoms with E-state index in [1.807, 2.05) is 12.3 Å². The van der Waals surface area contributed by atoms with Gasteiger partial charge in [-0.05, 0) is 49.1 Å². The number of hydrogen-bond donors (Lipinski definition) is 1. The van der Waals surface area contributed by atoms with Gasteiger partial charge in [0.15, 0.2) is 0 Å². The molecule has 0 aliphatic carbocycles. The fourth-order valence-corrected chi connectivity index (χ4v) is 3.53. The Hall–Kier alpha value is -1.28. The smallest absolute Gasteiger partial charge is 0.129 e. The fraction of sp³-hybridized carbons (Fsp3) is 0.600. The number of aromatic nitrogens is 1. The first kappa shape index (κ1) is 19.1. The number of rotatable bonds is 8. The molecule has 1 saturated heterocycles. The van der Waals surface area contributed by atoms with Crippen molar-refractivity contribution < 1.29 is 4.74 Å². The summed E-state index contributed by atoms with van der Waals surface area (Å²) in [5, 5.41) is 4.09. The predicted octanol–water partition coefficient (Wildman–Crippen LogP) is 5.17. The minimum Gasteiger partial charge on any atom is -0.381 e. The first-order valence-corrected chi connectivity index (χ1v) is 9.44. The van der Waals surface area contributed by atoms with Gasteiger partial charge in [-0.1, -0.05) is 38.4 Å². The van der Waals surface area contributed by atoms with Gasteiger partial charge in [-0.2, -0.15) is 0 Å². The summed E-state index contributed by atoms with van der Waals surface area (Å²) in [7, 11) is 0. The number of nitrogens with one attached hydrogen (secondary N) is 1. The highest BCUT2D eigenvalue weighted by atomic mass is 35.5. The van der Waals surface area contributed by atoms with Crippen molar-refractivity contribution in [3.8, 4) is 0 Å². The van der Waals surface area contributed by atoms with Crippen LogP contribution in [0, 0.1) is 5.92 Å². The number of pyridine rings is 1. The van der Waals surface area contributed by atoms with Crippen LogP contribution in [0.4, 0.5) is 0 Å². The summed E-state index contributed by atoms with van der Waals surface area (Å²) in [6.07, 6.45) is 7.47. The van der Waals surface area contributed by atoms with Gasteiger partial charge in [0.1, 0.15) is 5.15 Å². The SMILES string of the molecule is C=C=C(NCC1CCOCC1)c1cnc(Cl)cc1C(CC)CCC. The lowest BCUT2D eigenvalue weighted by atomic mass is 9.88. The molecule has 1 aromatic rings. The Morgan fingerprint density at radius 3 is 2.83 bits per heavy atom. The van der Waals surface area contributed by atoms with Crippen LogP contribution >= 0.6 is 11.6 Å². The number of hydrogen-bond acceptors (Lipinski definition) is 3. The van der Waals surface area contributed by atoms with Crippen LogP contribution in [-0.2, 0) is 4.74 Å². The molecular formula is C20H29ClN2O. The monoisotopic (exact) mass is 348 g/mol. The zero-order valence-electron chi connectivity index (χ0n) is 14.9. The standard InChI is InChI=1S/C20H29ClN2O/c1-4-7-16(5-2)17-12-20(21)23-14-18(17)19(6-3)22-13-15-8-10-24-11-9-15/h12,14-16,22H,3-5,7-11,13H2,1-2H3. The lowest BCUT2D eigenvalue weighted by Crippen LogP contribution is -2.27. The molecule has 1 aliphatic heterocycles. The average Bonchev–Trinajstić information content (AvgIpc) is 2.62. The van der Waals surface area contributed by atoms with E-state index in [0.717, 1.165) is 63.1 Å². The first-order valence-electron chi connectivity index (χ1n) is 9.07. The number of nitrogens with zero attached hydrogens (tertiary/aromatic N) is 1. The second-order valence-electron chi connectivity index (χ2n) is 6.48. The fourth-order valence-electron chi connectivity index (χ4n) is 3.37. The van der Waals surface area contributed by atoms with Crippen LogP contribution in [0.5, 0.6) is 0 Å². The molecule has 1 atom stereocenters. The van der Waals surface area contributed by atoms with Gasteiger partial charge in [0, 0.05) is 31.5 Å². The Kier molecular flexibility index (Phi) is 7.84. The number of ether oxygens (including phenoxy) is 1. The maximum Gasteiger partial charge on any atom is 0.129 e. The van der Waals surface area contributed by atoms with Gasteiger partial charge >= 0.3 is 0 Å². The molecule has 0 saturated carbocycles. The van der Waals surface area contributed by atoms with Gasteiger partial charge in [-0.15, -0.1) is 5.73 Å². The maximum atomic E-state index is 6.17. The van der Waals surface area contributed by atoms with E-state index in [1.54, 1.807) is 0 Å². The minimum atomic E-state index is 0.485. The molecule has 4 heteroatoms. The topological polar surface area (TPSA) is 34.1 Å². The van der Waals surface area contributed by atoms with Crippen LogP contribution in [0.15, 0.2) is 24.6 Å². The quantitative estimate of drug-likeness (QED) is 0.519. The second-order valence-corrected chi connectivity index (χ2v) is 6.86. The van der Waals surface area contributed by atoms with Crippen LogP contribution in [0.2, 0.25) is 5.15 Å². The van der Waals surface area contributed by atoms with E-state index in [9.17, 15) is 0 Å². The van der Waals surface area contributed by atoms with E-state index < -0.39 is 0 Å². The van der Waals surface area contributed by atoms with Crippen LogP contribution < -0.4 is 5.32 Å². The molecule has 132 valence electrons. The summed E-state index contributed by atoms with van der Waals surface area (Å²) in [4.78, 5) is 4.30. The molecule has 1 aromatic heterocycles. The van der Waals surface area contributed by atoms with Crippen molar-refractivity contribution in [2.45, 2.75) is 51.9 Å². The molecule has 1 aliphatic rings. The molecule has 0 radical (unpaired) electrons. The molecule has 0 amide bonds. The largest absolute Gasteiger partial charge is 0.381 e. The molecule has 1 fully saturated rings. The molecule has 1 unspecified atom stereocenters. The van der Waals surface area contributed by atoms with E-state index in [2.05, 4.69) is 36.5 Å². The zero-order valence-corrected chi connectivity index (χ0v) is 15.7. The summed E-state index contributed by atoms with van der Waals surface area (Å²) in [6, 6.07) is 2.01. The molecule has 1 N–H and O–H groups in total. The summed E-state index contributed by atoms with van der Waals surface area (Å²) in [5.41, 5.74) is 6.36. The van der Waals surface area contributed by atoms with Crippen molar-refractivity contribution in [2.75, 3.05) is 19.8 Å². The molecule has 2 rings (SSSR count). The molecule has 0 aromatic carbocycles. The van der Waals surface area contributed by atoms with Crippen LogP contribution in [0.1, 0.15) is 63.0 Å². The summed E-state index contributed by atoms with van der Waals surface area (Å²) in [5.74, 6) is 1.13. The zero-order chi connectivity index (χ0) is 17.4. The van der Waals surface area contributed by atoms with Crippen molar-refractivity contribution in [2.24, 2.45) is 5.92 Å². The summed E-state index contributed by atoms with van der Waals surface area (Å²) in [6.45, 7) is 11.0. The lowest BCUT2D eigenvalue weighted by Gasteiger charge is -2.24. The van der Waals surface area contributed by atoms with E-state index in [-0.39, 0.29) is 0 Å². The summed E-state index contributed by atoms with van der Waals surface area (Å²) < 4.78 is 5.44. The molecule has 2 heterocycles. The van der Waals surface area contributed by atoms with Crippen molar-refractivity contribution in [1.82, 2.24) is 10.3 Å². The van der Waals surface area contributed by atoms with E-state index in [1.165, 1.54) is 5.56 Å². The lowest BCUT2D eigenvalue weighted by molar-refractivity contribution is 0.0674. The van der Waals surface area contributed by atoms with Crippen molar-refractivity contribution >= 4 is 17.3 Å². The predicted molar refractivity (Wildman–Crippen MR) is 101 cm³/mol. The normalized spacial score (nSPS) is 16.5. The molecule has 3 nitrogen and oxygen atoms in total. The van der Waals surface area contributed by atoms with Crippen molar-refractivity contribution in [3.63, 3.8) is 0 Å². The van der Waals surface area contributed by atoms with E-state index >= 15 is 0 Å². The highest BCUT2D eigenvalue weighted by molar-refractivity contribution is 6.29. The van der Waals surface area contributed by atoms with Crippen molar-refractivity contribution in [1.29, 1.82) is 0 Å². The third kappa shape index (κ3) is 5.11. The minimum absolute atomic E-state index is 0.485. The summed E-state index contributed by atoms with van der Waals surface area (Å²) >= 11 is 6.17. The average molecular weight is 349 g/mol. The van der Waals surface area contributed by atoms with Gasteiger partial charge in [-0.25, -0.2) is 4.98 Å². The molecule has 0 spiro atoms. The van der Waals surface area contributed by atoms with Gasteiger partial charge in [0.25, 0.3) is 0 Å². The Morgan fingerprint density at radius 1 is 1.46 bits per heavy atom. The van der Waals surface area contributed by atoms with Crippen LogP contribution in [0.25, 0.3) is 5.70 Å². The van der Waals surface area contributed by atoms with Gasteiger partial charge in [0.05, 0.1) is 5.70 Å². The Balaban J connectivity index is 2.19. The van der Waals surface area contributed by atoms with Gasteiger partial charge < -0.3 is 10.1 Å². The third-order valence-corrected chi connectivity index (χ3v) is 5.03.